The van der Waals surface area contributed by atoms with Crippen molar-refractivity contribution in [1.29, 1.82) is 0 Å². The van der Waals surface area contributed by atoms with Crippen LogP contribution in [0.3, 0.4) is 0 Å². The topological polar surface area (TPSA) is 46.9 Å². The van der Waals surface area contributed by atoms with Crippen LogP contribution in [-0.2, 0) is 11.2 Å². The van der Waals surface area contributed by atoms with Gasteiger partial charge in [-0.15, -0.1) is 0 Å². The molecule has 2 aromatic rings. The molecule has 1 amide bonds. The minimum absolute atomic E-state index is 0.0615. The van der Waals surface area contributed by atoms with Gasteiger partial charge in [0.2, 0.25) is 5.91 Å². The highest BCUT2D eigenvalue weighted by atomic mass is 16.1. The molecule has 1 N–H and O–H groups in total. The van der Waals surface area contributed by atoms with Crippen molar-refractivity contribution in [2.45, 2.75) is 33.1 Å². The summed E-state index contributed by atoms with van der Waals surface area (Å²) in [4.78, 5) is 11.9. The number of amides is 1. The van der Waals surface area contributed by atoms with E-state index in [2.05, 4.69) is 24.3 Å². The van der Waals surface area contributed by atoms with Crippen LogP contribution in [0.2, 0.25) is 0 Å². The highest BCUT2D eigenvalue weighted by Crippen LogP contribution is 2.08. The first kappa shape index (κ1) is 15.3. The first-order valence-electron chi connectivity index (χ1n) is 7.51. The average molecular weight is 285 g/mol. The molecule has 1 aromatic heterocycles. The minimum atomic E-state index is 0.0615. The van der Waals surface area contributed by atoms with Crippen molar-refractivity contribution in [2.75, 3.05) is 6.54 Å². The molecule has 0 spiro atoms. The quantitative estimate of drug-likeness (QED) is 0.795. The van der Waals surface area contributed by atoms with E-state index in [1.54, 1.807) is 10.9 Å². The van der Waals surface area contributed by atoms with Crippen molar-refractivity contribution in [1.82, 2.24) is 15.1 Å². The number of nitrogens with zero attached hydrogens (tertiary/aromatic N) is 2. The number of para-hydroxylation sites is 1. The van der Waals surface area contributed by atoms with Crippen LogP contribution in [0.5, 0.6) is 0 Å². The van der Waals surface area contributed by atoms with Crippen LogP contribution in [0.15, 0.2) is 42.7 Å². The maximum absolute atomic E-state index is 11.9. The lowest BCUT2D eigenvalue weighted by molar-refractivity contribution is -0.120. The van der Waals surface area contributed by atoms with Crippen LogP contribution in [-0.4, -0.2) is 22.2 Å². The first-order valence-corrected chi connectivity index (χ1v) is 7.51. The molecule has 2 rings (SSSR count). The fourth-order valence-electron chi connectivity index (χ4n) is 2.16. The van der Waals surface area contributed by atoms with Crippen LogP contribution in [0.25, 0.3) is 5.69 Å². The van der Waals surface area contributed by atoms with Gasteiger partial charge < -0.3 is 5.32 Å². The Hall–Kier alpha value is -2.10. The zero-order valence-electron chi connectivity index (χ0n) is 12.7. The highest BCUT2D eigenvalue weighted by molar-refractivity contribution is 5.78. The molecule has 21 heavy (non-hydrogen) atoms. The van der Waals surface area contributed by atoms with Gasteiger partial charge in [-0.2, -0.15) is 5.10 Å². The molecule has 0 saturated heterocycles. The number of aromatic nitrogens is 2. The lowest BCUT2D eigenvalue weighted by atomic mass is 10.1. The molecule has 4 nitrogen and oxygen atoms in total. The van der Waals surface area contributed by atoms with Crippen LogP contribution in [0.1, 0.15) is 32.3 Å². The van der Waals surface area contributed by atoms with E-state index in [0.29, 0.717) is 12.3 Å². The molecule has 0 radical (unpaired) electrons. The van der Waals surface area contributed by atoms with E-state index < -0.39 is 0 Å². The van der Waals surface area contributed by atoms with Crippen molar-refractivity contribution >= 4 is 5.91 Å². The molecule has 1 heterocycles. The van der Waals surface area contributed by atoms with Crippen LogP contribution in [0, 0.1) is 5.92 Å². The van der Waals surface area contributed by atoms with Crippen molar-refractivity contribution in [2.24, 2.45) is 5.92 Å². The molecule has 4 heteroatoms. The van der Waals surface area contributed by atoms with E-state index in [-0.39, 0.29) is 5.91 Å². The van der Waals surface area contributed by atoms with Crippen molar-refractivity contribution < 1.29 is 4.79 Å². The monoisotopic (exact) mass is 285 g/mol. The fourth-order valence-corrected chi connectivity index (χ4v) is 2.16. The summed E-state index contributed by atoms with van der Waals surface area (Å²) in [5.41, 5.74) is 1.93. The molecule has 0 aliphatic rings. The number of hydrogen-bond acceptors (Lipinski definition) is 2. The first-order chi connectivity index (χ1) is 10.1. The summed E-state index contributed by atoms with van der Waals surface area (Å²) in [5.74, 6) is 0.748. The van der Waals surface area contributed by atoms with E-state index in [9.17, 15) is 4.79 Å². The van der Waals surface area contributed by atoms with Gasteiger partial charge in [-0.3, -0.25) is 4.79 Å². The summed E-state index contributed by atoms with van der Waals surface area (Å²) in [6, 6.07) is 9.89. The van der Waals surface area contributed by atoms with Gasteiger partial charge in [-0.05, 0) is 36.5 Å². The Morgan fingerprint density at radius 1 is 1.29 bits per heavy atom. The number of rotatable bonds is 7. The normalized spacial score (nSPS) is 10.8. The number of carbonyl (C=O) groups excluding carboxylic acids is 1. The second-order valence-corrected chi connectivity index (χ2v) is 5.69. The van der Waals surface area contributed by atoms with Crippen molar-refractivity contribution in [3.8, 4) is 5.69 Å². The van der Waals surface area contributed by atoms with Gasteiger partial charge in [-0.1, -0.05) is 32.0 Å². The lowest BCUT2D eigenvalue weighted by Crippen LogP contribution is -2.26. The maximum atomic E-state index is 11.9. The molecule has 0 fully saturated rings. The molecule has 1 aromatic carbocycles. The molecule has 0 atom stereocenters. The Balaban J connectivity index is 1.81. The number of nitrogens with one attached hydrogen (secondary N) is 1. The zero-order valence-corrected chi connectivity index (χ0v) is 12.7. The molecule has 112 valence electrons. The van der Waals surface area contributed by atoms with Crippen molar-refractivity contribution in [3.05, 3.63) is 48.3 Å². The number of benzene rings is 1. The molecule has 0 unspecified atom stereocenters. The van der Waals surface area contributed by atoms with E-state index >= 15 is 0 Å². The van der Waals surface area contributed by atoms with Gasteiger partial charge in [0.1, 0.15) is 0 Å². The number of carbonyl (C=O) groups is 1. The second-order valence-electron chi connectivity index (χ2n) is 5.69. The molecule has 0 aliphatic carbocycles. The molecule has 0 bridgehead atoms. The van der Waals surface area contributed by atoms with E-state index in [0.717, 1.165) is 30.6 Å². The summed E-state index contributed by atoms with van der Waals surface area (Å²) >= 11 is 0. The predicted octanol–water partition coefficient (Wildman–Crippen LogP) is 2.97. The average Bonchev–Trinajstić information content (AvgIpc) is 2.93. The Morgan fingerprint density at radius 2 is 2.05 bits per heavy atom. The Bertz CT molecular complexity index is 560. The summed E-state index contributed by atoms with van der Waals surface area (Å²) < 4.78 is 1.79. The van der Waals surface area contributed by atoms with Gasteiger partial charge in [-0.25, -0.2) is 4.68 Å². The lowest BCUT2D eigenvalue weighted by Gasteiger charge is -2.06. The van der Waals surface area contributed by atoms with E-state index in [1.165, 1.54) is 0 Å². The highest BCUT2D eigenvalue weighted by Gasteiger charge is 2.06. The standard InChI is InChI=1S/C17H23N3O/c1-14(2)7-6-10-18-17(21)11-15-12-19-20(13-15)16-8-4-3-5-9-16/h3-5,8-9,12-14H,6-7,10-11H2,1-2H3,(H,18,21). The third-order valence-corrected chi connectivity index (χ3v) is 3.30. The van der Waals surface area contributed by atoms with Crippen LogP contribution < -0.4 is 5.32 Å². The zero-order chi connectivity index (χ0) is 15.1. The van der Waals surface area contributed by atoms with Gasteiger partial charge in [0, 0.05) is 12.7 Å². The van der Waals surface area contributed by atoms with Gasteiger partial charge in [0.05, 0.1) is 18.3 Å². The summed E-state index contributed by atoms with van der Waals surface area (Å²) in [7, 11) is 0. The molecular formula is C17H23N3O. The Morgan fingerprint density at radius 3 is 2.76 bits per heavy atom. The Labute approximate surface area is 126 Å². The van der Waals surface area contributed by atoms with Gasteiger partial charge >= 0.3 is 0 Å². The second kappa shape index (κ2) is 7.62. The minimum Gasteiger partial charge on any atom is -0.356 e. The third kappa shape index (κ3) is 5.06. The summed E-state index contributed by atoms with van der Waals surface area (Å²) in [6.45, 7) is 5.14. The summed E-state index contributed by atoms with van der Waals surface area (Å²) in [6.07, 6.45) is 6.22. The van der Waals surface area contributed by atoms with Crippen molar-refractivity contribution in [3.63, 3.8) is 0 Å². The third-order valence-electron chi connectivity index (χ3n) is 3.30. The van der Waals surface area contributed by atoms with Crippen LogP contribution >= 0.6 is 0 Å². The van der Waals surface area contributed by atoms with Gasteiger partial charge in [0.25, 0.3) is 0 Å². The van der Waals surface area contributed by atoms with E-state index in [1.807, 2.05) is 36.5 Å². The van der Waals surface area contributed by atoms with Crippen LogP contribution in [0.4, 0.5) is 0 Å². The molecular weight excluding hydrogens is 262 g/mol. The summed E-state index contributed by atoms with van der Waals surface area (Å²) in [5, 5.41) is 7.26. The SMILES string of the molecule is CC(C)CCCNC(=O)Cc1cnn(-c2ccccc2)c1. The van der Waals surface area contributed by atoms with E-state index in [4.69, 9.17) is 0 Å². The fraction of sp³-hybridized carbons (Fsp3) is 0.412. The smallest absolute Gasteiger partial charge is 0.224 e. The predicted molar refractivity (Wildman–Crippen MR) is 84.3 cm³/mol. The Kier molecular flexibility index (Phi) is 5.55. The molecule has 0 saturated carbocycles. The number of hydrogen-bond donors (Lipinski definition) is 1. The largest absolute Gasteiger partial charge is 0.356 e. The van der Waals surface area contributed by atoms with Gasteiger partial charge in [0.15, 0.2) is 0 Å². The molecule has 0 aliphatic heterocycles. The maximum Gasteiger partial charge on any atom is 0.224 e.